The molecule has 1 aromatic heterocycles. The molecule has 0 spiro atoms. The van der Waals surface area contributed by atoms with Crippen LogP contribution in [0.2, 0.25) is 0 Å². The third-order valence-electron chi connectivity index (χ3n) is 2.79. The first-order valence-corrected chi connectivity index (χ1v) is 5.25. The summed E-state index contributed by atoms with van der Waals surface area (Å²) < 4.78 is 24.2. The lowest BCUT2D eigenvalue weighted by atomic mass is 10.0. The van der Waals surface area contributed by atoms with E-state index in [1.807, 2.05) is 6.92 Å². The second-order valence-electron chi connectivity index (χ2n) is 4.09. The molecule has 16 heavy (non-hydrogen) atoms. The summed E-state index contributed by atoms with van der Waals surface area (Å²) in [5, 5.41) is 0. The van der Waals surface area contributed by atoms with Gasteiger partial charge in [-0.3, -0.25) is 0 Å². The number of fused-ring (bicyclic) bond motifs is 1. The SMILES string of the molecule is CC1Cc2cc(F)cc(-c3ccoc3)c2O1. The molecule has 0 N–H and O–H groups in total. The van der Waals surface area contributed by atoms with Crippen LogP contribution in [0.4, 0.5) is 4.39 Å². The number of ether oxygens (including phenoxy) is 1. The summed E-state index contributed by atoms with van der Waals surface area (Å²) >= 11 is 0. The third-order valence-corrected chi connectivity index (χ3v) is 2.79. The minimum atomic E-state index is -0.229. The van der Waals surface area contributed by atoms with Crippen LogP contribution in [-0.4, -0.2) is 6.10 Å². The highest BCUT2D eigenvalue weighted by atomic mass is 19.1. The number of hydrogen-bond acceptors (Lipinski definition) is 2. The highest BCUT2D eigenvalue weighted by Crippen LogP contribution is 2.39. The van der Waals surface area contributed by atoms with Gasteiger partial charge in [0, 0.05) is 23.1 Å². The lowest BCUT2D eigenvalue weighted by Crippen LogP contribution is -2.05. The molecule has 0 bridgehead atoms. The van der Waals surface area contributed by atoms with Gasteiger partial charge in [-0.05, 0) is 25.1 Å². The van der Waals surface area contributed by atoms with Crippen LogP contribution in [-0.2, 0) is 6.42 Å². The molecule has 1 aliphatic rings. The van der Waals surface area contributed by atoms with Gasteiger partial charge in [-0.15, -0.1) is 0 Å². The first kappa shape index (κ1) is 9.46. The molecule has 1 atom stereocenters. The summed E-state index contributed by atoms with van der Waals surface area (Å²) in [7, 11) is 0. The molecule has 2 heterocycles. The standard InChI is InChI=1S/C13H11FO2/c1-8-4-10-5-11(14)6-12(13(10)16-8)9-2-3-15-7-9/h2-3,5-8H,4H2,1H3. The number of furan rings is 1. The Labute approximate surface area is 92.7 Å². The molecule has 2 aromatic rings. The first-order chi connectivity index (χ1) is 7.74. The van der Waals surface area contributed by atoms with Gasteiger partial charge >= 0.3 is 0 Å². The van der Waals surface area contributed by atoms with Gasteiger partial charge in [-0.2, -0.15) is 0 Å². The van der Waals surface area contributed by atoms with Crippen LogP contribution in [0.25, 0.3) is 11.1 Å². The lowest BCUT2D eigenvalue weighted by molar-refractivity contribution is 0.255. The predicted octanol–water partition coefficient (Wildman–Crippen LogP) is 3.41. The van der Waals surface area contributed by atoms with Crippen molar-refractivity contribution in [3.8, 4) is 16.9 Å². The van der Waals surface area contributed by atoms with Gasteiger partial charge in [-0.1, -0.05) is 0 Å². The second-order valence-corrected chi connectivity index (χ2v) is 4.09. The molecule has 1 unspecified atom stereocenters. The van der Waals surface area contributed by atoms with Crippen molar-refractivity contribution >= 4 is 0 Å². The molecule has 3 rings (SSSR count). The van der Waals surface area contributed by atoms with Crippen LogP contribution in [0.15, 0.2) is 35.1 Å². The van der Waals surface area contributed by atoms with Crippen LogP contribution >= 0.6 is 0 Å². The Balaban J connectivity index is 2.19. The maximum atomic E-state index is 13.5. The van der Waals surface area contributed by atoms with Crippen molar-refractivity contribution in [3.05, 3.63) is 42.1 Å². The topological polar surface area (TPSA) is 22.4 Å². The minimum Gasteiger partial charge on any atom is -0.489 e. The van der Waals surface area contributed by atoms with Crippen molar-refractivity contribution in [1.82, 2.24) is 0 Å². The molecule has 0 amide bonds. The monoisotopic (exact) mass is 218 g/mol. The minimum absolute atomic E-state index is 0.113. The molecular formula is C13H11FO2. The zero-order valence-corrected chi connectivity index (χ0v) is 8.87. The summed E-state index contributed by atoms with van der Waals surface area (Å²) in [6.07, 6.45) is 4.05. The first-order valence-electron chi connectivity index (χ1n) is 5.25. The van der Waals surface area contributed by atoms with Crippen molar-refractivity contribution in [1.29, 1.82) is 0 Å². The molecule has 82 valence electrons. The van der Waals surface area contributed by atoms with Gasteiger partial charge in [0.15, 0.2) is 0 Å². The fourth-order valence-electron chi connectivity index (χ4n) is 2.13. The van der Waals surface area contributed by atoms with Crippen molar-refractivity contribution in [2.24, 2.45) is 0 Å². The Morgan fingerprint density at radius 1 is 1.38 bits per heavy atom. The molecule has 1 aromatic carbocycles. The number of halogens is 1. The molecule has 1 aliphatic heterocycles. The molecule has 0 aliphatic carbocycles. The Morgan fingerprint density at radius 3 is 3.00 bits per heavy atom. The highest BCUT2D eigenvalue weighted by Gasteiger charge is 2.24. The summed E-state index contributed by atoms with van der Waals surface area (Å²) in [5.41, 5.74) is 2.56. The lowest BCUT2D eigenvalue weighted by Gasteiger charge is -2.07. The van der Waals surface area contributed by atoms with Gasteiger partial charge in [0.25, 0.3) is 0 Å². The maximum absolute atomic E-state index is 13.5. The van der Waals surface area contributed by atoms with Crippen LogP contribution in [0.1, 0.15) is 12.5 Å². The average molecular weight is 218 g/mol. The molecule has 3 heteroatoms. The van der Waals surface area contributed by atoms with Gasteiger partial charge in [0.1, 0.15) is 17.7 Å². The van der Waals surface area contributed by atoms with Crippen LogP contribution in [0.3, 0.4) is 0 Å². The largest absolute Gasteiger partial charge is 0.489 e. The Hall–Kier alpha value is -1.77. The van der Waals surface area contributed by atoms with Crippen molar-refractivity contribution < 1.29 is 13.5 Å². The van der Waals surface area contributed by atoms with Gasteiger partial charge in [0.05, 0.1) is 12.5 Å². The van der Waals surface area contributed by atoms with E-state index < -0.39 is 0 Å². The zero-order valence-electron chi connectivity index (χ0n) is 8.87. The number of benzene rings is 1. The Morgan fingerprint density at radius 2 is 2.25 bits per heavy atom. The third kappa shape index (κ3) is 1.40. The smallest absolute Gasteiger partial charge is 0.131 e. The van der Waals surface area contributed by atoms with Gasteiger partial charge < -0.3 is 9.15 Å². The van der Waals surface area contributed by atoms with Crippen molar-refractivity contribution in [2.45, 2.75) is 19.4 Å². The molecule has 0 fully saturated rings. The fraction of sp³-hybridized carbons (Fsp3) is 0.231. The summed E-state index contributed by atoms with van der Waals surface area (Å²) in [6, 6.07) is 4.84. The van der Waals surface area contributed by atoms with E-state index in [1.165, 1.54) is 6.07 Å². The highest BCUT2D eigenvalue weighted by molar-refractivity contribution is 5.72. The predicted molar refractivity (Wildman–Crippen MR) is 57.9 cm³/mol. The summed E-state index contributed by atoms with van der Waals surface area (Å²) in [4.78, 5) is 0. The zero-order chi connectivity index (χ0) is 11.1. The molecule has 0 saturated heterocycles. The average Bonchev–Trinajstić information content (AvgIpc) is 2.83. The molecular weight excluding hydrogens is 207 g/mol. The normalized spacial score (nSPS) is 18.2. The van der Waals surface area contributed by atoms with E-state index in [0.29, 0.717) is 0 Å². The molecule has 0 saturated carbocycles. The van der Waals surface area contributed by atoms with E-state index in [0.717, 1.165) is 28.9 Å². The van der Waals surface area contributed by atoms with E-state index in [2.05, 4.69) is 0 Å². The molecule has 0 radical (unpaired) electrons. The Kier molecular flexibility index (Phi) is 1.99. The summed E-state index contributed by atoms with van der Waals surface area (Å²) in [6.45, 7) is 1.98. The maximum Gasteiger partial charge on any atom is 0.131 e. The quantitative estimate of drug-likeness (QED) is 0.731. The number of rotatable bonds is 1. The fourth-order valence-corrected chi connectivity index (χ4v) is 2.13. The number of hydrogen-bond donors (Lipinski definition) is 0. The Bertz CT molecular complexity index is 517. The second kappa shape index (κ2) is 3.37. The van der Waals surface area contributed by atoms with E-state index in [-0.39, 0.29) is 11.9 Å². The van der Waals surface area contributed by atoms with E-state index in [1.54, 1.807) is 24.7 Å². The van der Waals surface area contributed by atoms with Crippen molar-refractivity contribution in [3.63, 3.8) is 0 Å². The van der Waals surface area contributed by atoms with Gasteiger partial charge in [-0.25, -0.2) is 4.39 Å². The van der Waals surface area contributed by atoms with Crippen LogP contribution in [0.5, 0.6) is 5.75 Å². The summed E-state index contributed by atoms with van der Waals surface area (Å²) in [5.74, 6) is 0.558. The van der Waals surface area contributed by atoms with Crippen molar-refractivity contribution in [2.75, 3.05) is 0 Å². The van der Waals surface area contributed by atoms with Crippen LogP contribution < -0.4 is 4.74 Å². The van der Waals surface area contributed by atoms with E-state index >= 15 is 0 Å². The van der Waals surface area contributed by atoms with E-state index in [4.69, 9.17) is 9.15 Å². The van der Waals surface area contributed by atoms with Crippen LogP contribution in [0, 0.1) is 5.82 Å². The van der Waals surface area contributed by atoms with E-state index in [9.17, 15) is 4.39 Å². The molecule has 2 nitrogen and oxygen atoms in total. The van der Waals surface area contributed by atoms with Gasteiger partial charge in [0.2, 0.25) is 0 Å².